The van der Waals surface area contributed by atoms with Crippen LogP contribution in [0.15, 0.2) is 17.1 Å². The quantitative estimate of drug-likeness (QED) is 0.224. The molecule has 4 atom stereocenters. The Kier molecular flexibility index (Phi) is 6.05. The van der Waals surface area contributed by atoms with Crippen molar-refractivity contribution in [3.63, 3.8) is 0 Å². The minimum Gasteiger partial charge on any atom is -0.356 e. The molecule has 0 aromatic rings. The lowest BCUT2D eigenvalue weighted by molar-refractivity contribution is -0.140. The number of nitrogens with zero attached hydrogens (tertiary/aromatic N) is 2. The SMILES string of the molecule is CCCNC(=NC)NCCN1C(=O)C2C3C=CC(C3)C2C1=O.I. The van der Waals surface area contributed by atoms with Gasteiger partial charge in [-0.25, -0.2) is 0 Å². The van der Waals surface area contributed by atoms with Gasteiger partial charge in [-0.3, -0.25) is 19.5 Å². The first-order valence-corrected chi connectivity index (χ1v) is 8.15. The number of imide groups is 1. The van der Waals surface area contributed by atoms with Crippen molar-refractivity contribution < 1.29 is 9.59 Å². The van der Waals surface area contributed by atoms with E-state index < -0.39 is 0 Å². The summed E-state index contributed by atoms with van der Waals surface area (Å²) in [6.45, 7) is 3.88. The standard InChI is InChI=1S/C16H24N4O2.HI/c1-3-6-18-16(17-2)19-7-8-20-14(21)12-10-4-5-11(9-10)13(12)15(20)22;/h4-5,10-13H,3,6-9H2,1-2H3,(H2,17,18,19);1H. The van der Waals surface area contributed by atoms with Gasteiger partial charge in [0.1, 0.15) is 0 Å². The molecule has 0 spiro atoms. The normalized spacial score (nSPS) is 31.4. The second-order valence-electron chi connectivity index (χ2n) is 6.25. The number of hydrogen-bond acceptors (Lipinski definition) is 3. The van der Waals surface area contributed by atoms with Crippen LogP contribution in [0.2, 0.25) is 0 Å². The Morgan fingerprint density at radius 3 is 2.26 bits per heavy atom. The minimum atomic E-state index is -0.0972. The minimum absolute atomic E-state index is 0. The van der Waals surface area contributed by atoms with E-state index in [0.717, 1.165) is 19.4 Å². The molecule has 1 heterocycles. The molecule has 1 saturated carbocycles. The Bertz CT molecular complexity index is 504. The summed E-state index contributed by atoms with van der Waals surface area (Å²) < 4.78 is 0. The summed E-state index contributed by atoms with van der Waals surface area (Å²) in [6.07, 6.45) is 6.24. The van der Waals surface area contributed by atoms with Crippen molar-refractivity contribution in [1.82, 2.24) is 15.5 Å². The predicted octanol–water partition coefficient (Wildman–Crippen LogP) is 0.986. The maximum absolute atomic E-state index is 12.5. The van der Waals surface area contributed by atoms with Crippen molar-refractivity contribution in [1.29, 1.82) is 0 Å². The first-order chi connectivity index (χ1) is 10.7. The van der Waals surface area contributed by atoms with Gasteiger partial charge in [-0.2, -0.15) is 0 Å². The lowest BCUT2D eigenvalue weighted by atomic mass is 9.85. The van der Waals surface area contributed by atoms with Gasteiger partial charge in [-0.15, -0.1) is 24.0 Å². The zero-order valence-electron chi connectivity index (χ0n) is 13.6. The van der Waals surface area contributed by atoms with Crippen molar-refractivity contribution in [3.05, 3.63) is 12.2 Å². The molecule has 2 aliphatic carbocycles. The highest BCUT2D eigenvalue weighted by Crippen LogP contribution is 2.52. The van der Waals surface area contributed by atoms with Crippen LogP contribution in [0.25, 0.3) is 0 Å². The number of carbonyl (C=O) groups is 2. The molecule has 4 unspecified atom stereocenters. The number of rotatable bonds is 5. The lowest BCUT2D eigenvalue weighted by Crippen LogP contribution is -2.43. The van der Waals surface area contributed by atoms with Crippen molar-refractivity contribution in [2.75, 3.05) is 26.7 Å². The van der Waals surface area contributed by atoms with E-state index in [4.69, 9.17) is 0 Å². The molecule has 0 aromatic carbocycles. The Labute approximate surface area is 154 Å². The van der Waals surface area contributed by atoms with E-state index in [9.17, 15) is 9.59 Å². The molecule has 2 amide bonds. The summed E-state index contributed by atoms with van der Waals surface area (Å²) in [5.41, 5.74) is 0. The highest BCUT2D eigenvalue weighted by atomic mass is 127. The zero-order chi connectivity index (χ0) is 15.7. The fraction of sp³-hybridized carbons (Fsp3) is 0.688. The largest absolute Gasteiger partial charge is 0.356 e. The van der Waals surface area contributed by atoms with Gasteiger partial charge >= 0.3 is 0 Å². The first-order valence-electron chi connectivity index (χ1n) is 8.15. The summed E-state index contributed by atoms with van der Waals surface area (Å²) in [4.78, 5) is 30.6. The number of carbonyl (C=O) groups excluding carboxylic acids is 2. The van der Waals surface area contributed by atoms with E-state index in [1.807, 2.05) is 0 Å². The van der Waals surface area contributed by atoms with Gasteiger partial charge in [-0.05, 0) is 24.7 Å². The second-order valence-corrected chi connectivity index (χ2v) is 6.25. The van der Waals surface area contributed by atoms with Crippen molar-refractivity contribution >= 4 is 41.8 Å². The number of guanidine groups is 1. The number of likely N-dealkylation sites (tertiary alicyclic amines) is 1. The molecule has 1 saturated heterocycles. The number of amides is 2. The first kappa shape index (κ1) is 18.2. The third kappa shape index (κ3) is 3.25. The van der Waals surface area contributed by atoms with Crippen LogP contribution >= 0.6 is 24.0 Å². The summed E-state index contributed by atoms with van der Waals surface area (Å²) >= 11 is 0. The number of fused-ring (bicyclic) bond motifs is 5. The predicted molar refractivity (Wildman–Crippen MR) is 99.5 cm³/mol. The van der Waals surface area contributed by atoms with Crippen LogP contribution in [0.3, 0.4) is 0 Å². The van der Waals surface area contributed by atoms with Crippen molar-refractivity contribution in [3.8, 4) is 0 Å². The van der Waals surface area contributed by atoms with Gasteiger partial charge in [0.2, 0.25) is 11.8 Å². The molecular formula is C16H25IN4O2. The maximum atomic E-state index is 12.5. The van der Waals surface area contributed by atoms with Crippen LogP contribution in [0.5, 0.6) is 0 Å². The van der Waals surface area contributed by atoms with Crippen LogP contribution in [0.4, 0.5) is 0 Å². The molecular weight excluding hydrogens is 407 g/mol. The van der Waals surface area contributed by atoms with E-state index in [-0.39, 0.29) is 59.5 Å². The van der Waals surface area contributed by atoms with E-state index in [1.165, 1.54) is 4.90 Å². The van der Waals surface area contributed by atoms with Gasteiger partial charge in [0, 0.05) is 26.7 Å². The van der Waals surface area contributed by atoms with Crippen molar-refractivity contribution in [2.45, 2.75) is 19.8 Å². The molecule has 6 nitrogen and oxygen atoms in total. The highest BCUT2D eigenvalue weighted by Gasteiger charge is 2.58. The molecule has 2 fully saturated rings. The summed E-state index contributed by atoms with van der Waals surface area (Å²) in [5, 5.41) is 6.32. The van der Waals surface area contributed by atoms with Gasteiger partial charge in [0.25, 0.3) is 0 Å². The molecule has 0 aromatic heterocycles. The summed E-state index contributed by atoms with van der Waals surface area (Å²) in [5.74, 6) is 1.12. The van der Waals surface area contributed by atoms with Gasteiger partial charge in [0.05, 0.1) is 11.8 Å². The molecule has 23 heavy (non-hydrogen) atoms. The molecule has 3 rings (SSSR count). The van der Waals surface area contributed by atoms with E-state index in [2.05, 4.69) is 34.7 Å². The number of hydrogen-bond donors (Lipinski definition) is 2. The van der Waals surface area contributed by atoms with Crippen LogP contribution in [0.1, 0.15) is 19.8 Å². The molecule has 128 valence electrons. The Hall–Kier alpha value is -1.12. The Morgan fingerprint density at radius 1 is 1.17 bits per heavy atom. The number of aliphatic imine (C=N–C) groups is 1. The molecule has 7 heteroatoms. The monoisotopic (exact) mass is 432 g/mol. The topological polar surface area (TPSA) is 73.8 Å². The van der Waals surface area contributed by atoms with E-state index in [1.54, 1.807) is 7.05 Å². The maximum Gasteiger partial charge on any atom is 0.233 e. The van der Waals surface area contributed by atoms with Gasteiger partial charge in [-0.1, -0.05) is 19.1 Å². The molecule has 2 bridgehead atoms. The fourth-order valence-electron chi connectivity index (χ4n) is 3.93. The average Bonchev–Trinajstić information content (AvgIpc) is 3.19. The Balaban J connectivity index is 0.00000192. The van der Waals surface area contributed by atoms with Crippen LogP contribution in [-0.2, 0) is 9.59 Å². The average molecular weight is 432 g/mol. The smallest absolute Gasteiger partial charge is 0.233 e. The highest BCUT2D eigenvalue weighted by molar-refractivity contribution is 14.0. The second kappa shape index (κ2) is 7.63. The van der Waals surface area contributed by atoms with Gasteiger partial charge in [0.15, 0.2) is 5.96 Å². The Morgan fingerprint density at radius 2 is 1.74 bits per heavy atom. The zero-order valence-corrected chi connectivity index (χ0v) is 15.9. The summed E-state index contributed by atoms with van der Waals surface area (Å²) in [7, 11) is 1.71. The van der Waals surface area contributed by atoms with Crippen LogP contribution in [0, 0.1) is 23.7 Å². The molecule has 0 radical (unpaired) electrons. The van der Waals surface area contributed by atoms with Crippen LogP contribution in [-0.4, -0.2) is 49.4 Å². The van der Waals surface area contributed by atoms with E-state index >= 15 is 0 Å². The lowest BCUT2D eigenvalue weighted by Gasteiger charge is -2.18. The number of nitrogens with one attached hydrogen (secondary N) is 2. The summed E-state index contributed by atoms with van der Waals surface area (Å²) in [6, 6.07) is 0. The molecule has 3 aliphatic rings. The number of allylic oxidation sites excluding steroid dienone is 2. The fourth-order valence-corrected chi connectivity index (χ4v) is 3.93. The molecule has 2 N–H and O–H groups in total. The van der Waals surface area contributed by atoms with Crippen LogP contribution < -0.4 is 10.6 Å². The third-order valence-electron chi connectivity index (χ3n) is 4.96. The van der Waals surface area contributed by atoms with Gasteiger partial charge < -0.3 is 10.6 Å². The van der Waals surface area contributed by atoms with E-state index in [0.29, 0.717) is 19.0 Å². The van der Waals surface area contributed by atoms with Crippen molar-refractivity contribution in [2.24, 2.45) is 28.7 Å². The third-order valence-corrected chi connectivity index (χ3v) is 4.96. The number of halogens is 1. The molecule has 1 aliphatic heterocycles.